The topological polar surface area (TPSA) is 35.6 Å². The smallest absolute Gasteiger partial charge is 0.242 e. The summed E-state index contributed by atoms with van der Waals surface area (Å²) in [4.78, 5) is 18.7. The number of fused-ring (bicyclic) bond motifs is 1. The van der Waals surface area contributed by atoms with Gasteiger partial charge in [-0.25, -0.2) is 0 Å². The third kappa shape index (κ3) is 4.58. The van der Waals surface area contributed by atoms with Crippen molar-refractivity contribution in [1.82, 2.24) is 9.80 Å². The van der Waals surface area contributed by atoms with Crippen molar-refractivity contribution in [1.29, 1.82) is 0 Å². The number of nitrogens with zero attached hydrogens (tertiary/aromatic N) is 2. The van der Waals surface area contributed by atoms with Gasteiger partial charge in [0.05, 0.1) is 6.54 Å². The van der Waals surface area contributed by atoms with E-state index in [2.05, 4.69) is 53.0 Å². The van der Waals surface area contributed by atoms with Crippen LogP contribution in [0.15, 0.2) is 35.7 Å². The quantitative estimate of drug-likeness (QED) is 0.779. The Morgan fingerprint density at radius 2 is 2.04 bits per heavy atom. The molecule has 4 nitrogen and oxygen atoms in total. The van der Waals surface area contributed by atoms with E-state index >= 15 is 0 Å². The van der Waals surface area contributed by atoms with Gasteiger partial charge >= 0.3 is 0 Å². The standard InChI is InChI=1S/C23H31N3OS/c1-25(20-8-3-2-4-9-20)16-18-7-5-6-10-21(18)24-15-23(27)26-13-11-22-19(17-26)12-14-28-22/h5-7,10,12,14,20,24H,2-4,8-9,11,13,15-17H2,1H3. The molecule has 1 amide bonds. The molecule has 5 heteroatoms. The zero-order valence-corrected chi connectivity index (χ0v) is 17.6. The molecular weight excluding hydrogens is 366 g/mol. The molecule has 1 aliphatic carbocycles. The Labute approximate surface area is 172 Å². The van der Waals surface area contributed by atoms with E-state index < -0.39 is 0 Å². The Balaban J connectivity index is 1.34. The molecule has 0 bridgehead atoms. The first kappa shape index (κ1) is 19.5. The molecule has 2 heterocycles. The van der Waals surface area contributed by atoms with E-state index in [0.29, 0.717) is 12.6 Å². The van der Waals surface area contributed by atoms with Gasteiger partial charge in [0.2, 0.25) is 5.91 Å². The first-order chi connectivity index (χ1) is 13.7. The molecule has 1 aromatic carbocycles. The lowest BCUT2D eigenvalue weighted by atomic mass is 9.94. The summed E-state index contributed by atoms with van der Waals surface area (Å²) in [6.07, 6.45) is 7.69. The summed E-state index contributed by atoms with van der Waals surface area (Å²) in [5.74, 6) is 0.187. The fourth-order valence-electron chi connectivity index (χ4n) is 4.49. The average molecular weight is 398 g/mol. The summed E-state index contributed by atoms with van der Waals surface area (Å²) < 4.78 is 0. The van der Waals surface area contributed by atoms with Crippen LogP contribution in [0.5, 0.6) is 0 Å². The van der Waals surface area contributed by atoms with E-state index in [1.165, 1.54) is 48.1 Å². The Morgan fingerprint density at radius 1 is 1.21 bits per heavy atom. The number of nitrogens with one attached hydrogen (secondary N) is 1. The fraction of sp³-hybridized carbons (Fsp3) is 0.522. The van der Waals surface area contributed by atoms with Crippen LogP contribution in [0.25, 0.3) is 0 Å². The molecule has 1 saturated carbocycles. The second-order valence-corrected chi connectivity index (χ2v) is 9.15. The molecule has 0 saturated heterocycles. The largest absolute Gasteiger partial charge is 0.376 e. The molecule has 1 fully saturated rings. The maximum Gasteiger partial charge on any atom is 0.242 e. The molecule has 2 aliphatic rings. The van der Waals surface area contributed by atoms with Crippen LogP contribution in [0, 0.1) is 0 Å². The Morgan fingerprint density at radius 3 is 2.89 bits per heavy atom. The van der Waals surface area contributed by atoms with E-state index in [0.717, 1.165) is 31.7 Å². The summed E-state index contributed by atoms with van der Waals surface area (Å²) in [6.45, 7) is 2.89. The first-order valence-electron chi connectivity index (χ1n) is 10.6. The minimum Gasteiger partial charge on any atom is -0.376 e. The van der Waals surface area contributed by atoms with Gasteiger partial charge in [-0.1, -0.05) is 37.5 Å². The summed E-state index contributed by atoms with van der Waals surface area (Å²) in [7, 11) is 2.24. The third-order valence-electron chi connectivity index (χ3n) is 6.23. The van der Waals surface area contributed by atoms with Gasteiger partial charge in [-0.2, -0.15) is 0 Å². The SMILES string of the molecule is CN(Cc1ccccc1NCC(=O)N1CCc2sccc2C1)C1CCCCC1. The van der Waals surface area contributed by atoms with Crippen molar-refractivity contribution in [2.75, 3.05) is 25.5 Å². The van der Waals surface area contributed by atoms with Crippen molar-refractivity contribution in [3.8, 4) is 0 Å². The summed E-state index contributed by atoms with van der Waals surface area (Å²) in [5.41, 5.74) is 3.69. The number of thiophene rings is 1. The number of para-hydroxylation sites is 1. The molecule has 1 N–H and O–H groups in total. The van der Waals surface area contributed by atoms with Gasteiger partial charge in [0.15, 0.2) is 0 Å². The molecule has 2 aromatic rings. The molecule has 0 atom stereocenters. The molecule has 150 valence electrons. The maximum absolute atomic E-state index is 12.7. The van der Waals surface area contributed by atoms with Crippen molar-refractivity contribution >= 4 is 22.9 Å². The highest BCUT2D eigenvalue weighted by molar-refractivity contribution is 7.10. The lowest BCUT2D eigenvalue weighted by molar-refractivity contribution is -0.130. The lowest BCUT2D eigenvalue weighted by Crippen LogP contribution is -2.39. The minimum absolute atomic E-state index is 0.187. The van der Waals surface area contributed by atoms with E-state index in [4.69, 9.17) is 0 Å². The lowest BCUT2D eigenvalue weighted by Gasteiger charge is -2.32. The molecule has 0 unspecified atom stereocenters. The zero-order valence-electron chi connectivity index (χ0n) is 16.8. The number of amides is 1. The minimum atomic E-state index is 0.187. The van der Waals surface area contributed by atoms with Crippen LogP contribution in [0.4, 0.5) is 5.69 Å². The highest BCUT2D eigenvalue weighted by Crippen LogP contribution is 2.26. The van der Waals surface area contributed by atoms with Gasteiger partial charge in [-0.05, 0) is 54.9 Å². The second kappa shape index (κ2) is 9.10. The third-order valence-corrected chi connectivity index (χ3v) is 7.25. The first-order valence-corrected chi connectivity index (χ1v) is 11.4. The predicted octanol–water partition coefficient (Wildman–Crippen LogP) is 4.51. The van der Waals surface area contributed by atoms with Crippen molar-refractivity contribution in [2.45, 2.75) is 57.7 Å². The van der Waals surface area contributed by atoms with E-state index in [1.807, 2.05) is 16.2 Å². The number of hydrogen-bond acceptors (Lipinski definition) is 4. The summed E-state index contributed by atoms with van der Waals surface area (Å²) >= 11 is 1.81. The van der Waals surface area contributed by atoms with Crippen LogP contribution in [-0.2, 0) is 24.3 Å². The fourth-order valence-corrected chi connectivity index (χ4v) is 5.38. The van der Waals surface area contributed by atoms with Crippen molar-refractivity contribution in [2.24, 2.45) is 0 Å². The highest BCUT2D eigenvalue weighted by atomic mass is 32.1. The molecule has 4 rings (SSSR count). The van der Waals surface area contributed by atoms with Crippen LogP contribution in [0.3, 0.4) is 0 Å². The number of hydrogen-bond donors (Lipinski definition) is 1. The molecule has 0 radical (unpaired) electrons. The maximum atomic E-state index is 12.7. The summed E-state index contributed by atoms with van der Waals surface area (Å²) in [5, 5.41) is 5.56. The summed E-state index contributed by atoms with van der Waals surface area (Å²) in [6, 6.07) is 11.3. The Kier molecular flexibility index (Phi) is 6.33. The Bertz CT molecular complexity index is 797. The predicted molar refractivity (Wildman–Crippen MR) is 117 cm³/mol. The zero-order chi connectivity index (χ0) is 19.3. The number of rotatable bonds is 6. The van der Waals surface area contributed by atoms with Crippen molar-refractivity contribution in [3.63, 3.8) is 0 Å². The average Bonchev–Trinajstić information content (AvgIpc) is 3.21. The molecule has 1 aromatic heterocycles. The number of benzene rings is 1. The van der Waals surface area contributed by atoms with Crippen LogP contribution < -0.4 is 5.32 Å². The molecule has 0 spiro atoms. The van der Waals surface area contributed by atoms with Gasteiger partial charge < -0.3 is 10.2 Å². The molecule has 28 heavy (non-hydrogen) atoms. The number of carbonyl (C=O) groups excluding carboxylic acids is 1. The number of anilines is 1. The van der Waals surface area contributed by atoms with Crippen LogP contribution in [0.1, 0.15) is 48.1 Å². The van der Waals surface area contributed by atoms with Gasteiger partial charge in [0.1, 0.15) is 0 Å². The number of carbonyl (C=O) groups is 1. The van der Waals surface area contributed by atoms with E-state index in [1.54, 1.807) is 0 Å². The van der Waals surface area contributed by atoms with Gasteiger partial charge in [-0.3, -0.25) is 9.69 Å². The van der Waals surface area contributed by atoms with Gasteiger partial charge in [0, 0.05) is 36.2 Å². The Hall–Kier alpha value is -1.85. The normalized spacial score (nSPS) is 17.6. The van der Waals surface area contributed by atoms with Crippen molar-refractivity contribution in [3.05, 3.63) is 51.7 Å². The van der Waals surface area contributed by atoms with E-state index in [9.17, 15) is 4.79 Å². The highest BCUT2D eigenvalue weighted by Gasteiger charge is 2.22. The van der Waals surface area contributed by atoms with Gasteiger partial charge in [-0.15, -0.1) is 11.3 Å². The monoisotopic (exact) mass is 397 g/mol. The molecule has 1 aliphatic heterocycles. The van der Waals surface area contributed by atoms with Crippen LogP contribution >= 0.6 is 11.3 Å². The van der Waals surface area contributed by atoms with E-state index in [-0.39, 0.29) is 5.91 Å². The van der Waals surface area contributed by atoms with Crippen molar-refractivity contribution < 1.29 is 4.79 Å². The second-order valence-electron chi connectivity index (χ2n) is 8.15. The molecular formula is C23H31N3OS. The van der Waals surface area contributed by atoms with Crippen LogP contribution in [-0.4, -0.2) is 41.9 Å². The van der Waals surface area contributed by atoms with Crippen LogP contribution in [0.2, 0.25) is 0 Å². The van der Waals surface area contributed by atoms with Gasteiger partial charge in [0.25, 0.3) is 0 Å².